The van der Waals surface area contributed by atoms with Crippen LogP contribution >= 0.6 is 0 Å². The molecule has 0 aliphatic rings. The van der Waals surface area contributed by atoms with Crippen molar-refractivity contribution < 1.29 is 4.74 Å². The topological polar surface area (TPSA) is 74.9 Å². The third kappa shape index (κ3) is 8.91. The Kier molecular flexibility index (Phi) is 11.0. The van der Waals surface area contributed by atoms with E-state index in [9.17, 15) is 0 Å². The minimum atomic E-state index is 0.620. The third-order valence-corrected chi connectivity index (χ3v) is 2.41. The fraction of sp³-hybridized carbons (Fsp3) is 0.909. The Balaban J connectivity index is 3.83. The molecular weight excluding hydrogens is 218 g/mol. The summed E-state index contributed by atoms with van der Waals surface area (Å²) < 4.78 is 4.93. The van der Waals surface area contributed by atoms with E-state index < -0.39 is 0 Å². The fourth-order valence-electron chi connectivity index (χ4n) is 1.47. The quantitative estimate of drug-likeness (QED) is 0.172. The molecule has 102 valence electrons. The van der Waals surface area contributed by atoms with Crippen molar-refractivity contribution in [2.24, 2.45) is 10.8 Å². The Morgan fingerprint density at radius 3 is 2.65 bits per heavy atom. The van der Waals surface area contributed by atoms with Crippen molar-refractivity contribution in [2.75, 3.05) is 46.4 Å². The van der Waals surface area contributed by atoms with E-state index in [1.807, 2.05) is 0 Å². The van der Waals surface area contributed by atoms with Crippen LogP contribution in [0.15, 0.2) is 4.99 Å². The van der Waals surface area contributed by atoms with Gasteiger partial charge in [-0.2, -0.15) is 0 Å². The summed E-state index contributed by atoms with van der Waals surface area (Å²) in [5.74, 6) is 5.99. The van der Waals surface area contributed by atoms with Crippen LogP contribution in [0.3, 0.4) is 0 Å². The second-order valence-electron chi connectivity index (χ2n) is 3.73. The minimum absolute atomic E-state index is 0.620. The zero-order valence-corrected chi connectivity index (χ0v) is 11.3. The monoisotopic (exact) mass is 245 g/mol. The van der Waals surface area contributed by atoms with Crippen molar-refractivity contribution in [3.05, 3.63) is 0 Å². The molecule has 0 fully saturated rings. The Labute approximate surface area is 105 Å². The number of aliphatic imine (C=N–C) groups is 1. The molecule has 0 aromatic carbocycles. The Bertz CT molecular complexity index is 198. The third-order valence-electron chi connectivity index (χ3n) is 2.41. The fourth-order valence-corrected chi connectivity index (χ4v) is 1.47. The van der Waals surface area contributed by atoms with Gasteiger partial charge in [-0.1, -0.05) is 13.8 Å². The molecule has 17 heavy (non-hydrogen) atoms. The highest BCUT2D eigenvalue weighted by molar-refractivity contribution is 5.79. The lowest BCUT2D eigenvalue weighted by Crippen LogP contribution is -2.43. The van der Waals surface area contributed by atoms with Crippen LogP contribution < -0.4 is 16.6 Å². The van der Waals surface area contributed by atoms with E-state index in [1.54, 1.807) is 7.11 Å². The molecule has 0 aliphatic heterocycles. The maximum absolute atomic E-state index is 5.37. The molecule has 0 aromatic rings. The number of hydrogen-bond donors (Lipinski definition) is 3. The number of rotatable bonds is 9. The molecule has 0 rings (SSSR count). The van der Waals surface area contributed by atoms with Gasteiger partial charge in [-0.15, -0.1) is 0 Å². The highest BCUT2D eigenvalue weighted by Gasteiger charge is 2.00. The maximum Gasteiger partial charge on any atom is 0.205 e. The number of likely N-dealkylation sites (N-methyl/N-ethyl adjacent to an activating group) is 1. The number of methoxy groups -OCH3 is 1. The van der Waals surface area contributed by atoms with Crippen molar-refractivity contribution in [1.82, 2.24) is 15.6 Å². The van der Waals surface area contributed by atoms with Crippen LogP contribution in [0.25, 0.3) is 0 Å². The van der Waals surface area contributed by atoms with E-state index in [1.165, 1.54) is 6.42 Å². The average molecular weight is 245 g/mol. The summed E-state index contributed by atoms with van der Waals surface area (Å²) in [6.45, 7) is 9.57. The number of hydrazine groups is 1. The van der Waals surface area contributed by atoms with Crippen LogP contribution in [0.5, 0.6) is 0 Å². The van der Waals surface area contributed by atoms with Crippen molar-refractivity contribution >= 4 is 5.96 Å². The molecule has 0 heterocycles. The molecule has 0 aliphatic carbocycles. The molecule has 6 nitrogen and oxygen atoms in total. The summed E-state index contributed by atoms with van der Waals surface area (Å²) in [6.07, 6.45) is 1.17. The molecule has 0 bridgehead atoms. The highest BCUT2D eigenvalue weighted by Crippen LogP contribution is 1.90. The number of guanidine groups is 1. The first-order valence-corrected chi connectivity index (χ1v) is 6.24. The molecule has 0 radical (unpaired) electrons. The summed E-state index contributed by atoms with van der Waals surface area (Å²) in [7, 11) is 1.66. The van der Waals surface area contributed by atoms with Gasteiger partial charge in [0.15, 0.2) is 0 Å². The van der Waals surface area contributed by atoms with Crippen LogP contribution in [0.4, 0.5) is 0 Å². The van der Waals surface area contributed by atoms with Gasteiger partial charge in [0.25, 0.3) is 0 Å². The van der Waals surface area contributed by atoms with Crippen LogP contribution in [0.2, 0.25) is 0 Å². The van der Waals surface area contributed by atoms with E-state index in [-0.39, 0.29) is 0 Å². The molecule has 0 saturated carbocycles. The van der Waals surface area contributed by atoms with Gasteiger partial charge in [0, 0.05) is 20.2 Å². The number of nitrogens with one attached hydrogen (secondary N) is 2. The Morgan fingerprint density at radius 2 is 2.12 bits per heavy atom. The second-order valence-corrected chi connectivity index (χ2v) is 3.73. The normalized spacial score (nSPS) is 11.9. The molecule has 0 atom stereocenters. The lowest BCUT2D eigenvalue weighted by Gasteiger charge is -2.18. The average Bonchev–Trinajstić information content (AvgIpc) is 2.35. The summed E-state index contributed by atoms with van der Waals surface area (Å²) in [6, 6.07) is 0. The van der Waals surface area contributed by atoms with Gasteiger partial charge in [-0.25, -0.2) is 5.84 Å². The summed E-state index contributed by atoms with van der Waals surface area (Å²) >= 11 is 0. The number of ether oxygens (including phenoxy) is 1. The summed E-state index contributed by atoms with van der Waals surface area (Å²) in [5.41, 5.74) is 2.55. The summed E-state index contributed by atoms with van der Waals surface area (Å²) in [4.78, 5) is 6.72. The lowest BCUT2D eigenvalue weighted by atomic mass is 10.4. The van der Waals surface area contributed by atoms with Crippen LogP contribution in [-0.2, 0) is 4.74 Å². The SMILES string of the molecule is CCCN(CC)CCN=C(NN)NCCOC. The summed E-state index contributed by atoms with van der Waals surface area (Å²) in [5, 5.41) is 3.06. The van der Waals surface area contributed by atoms with Crippen LogP contribution in [0.1, 0.15) is 20.3 Å². The molecule has 0 unspecified atom stereocenters. The van der Waals surface area contributed by atoms with Crippen LogP contribution in [0, 0.1) is 0 Å². The van der Waals surface area contributed by atoms with Crippen molar-refractivity contribution in [2.45, 2.75) is 20.3 Å². The zero-order valence-electron chi connectivity index (χ0n) is 11.3. The number of hydrogen-bond acceptors (Lipinski definition) is 4. The predicted octanol–water partition coefficient (Wildman–Crippen LogP) is -0.226. The molecule has 4 N–H and O–H groups in total. The maximum atomic E-state index is 5.37. The predicted molar refractivity (Wildman–Crippen MR) is 71.9 cm³/mol. The molecular formula is C11H27N5O. The molecule has 0 aromatic heterocycles. The van der Waals surface area contributed by atoms with Gasteiger partial charge in [-0.3, -0.25) is 10.4 Å². The first-order chi connectivity index (χ1) is 8.28. The van der Waals surface area contributed by atoms with E-state index in [0.29, 0.717) is 19.1 Å². The van der Waals surface area contributed by atoms with E-state index in [4.69, 9.17) is 10.6 Å². The molecule has 0 spiro atoms. The molecule has 6 heteroatoms. The Hall–Kier alpha value is -0.850. The van der Waals surface area contributed by atoms with Crippen molar-refractivity contribution in [3.63, 3.8) is 0 Å². The highest BCUT2D eigenvalue weighted by atomic mass is 16.5. The minimum Gasteiger partial charge on any atom is -0.383 e. The van der Waals surface area contributed by atoms with Gasteiger partial charge in [0.1, 0.15) is 0 Å². The first-order valence-electron chi connectivity index (χ1n) is 6.24. The van der Waals surface area contributed by atoms with Crippen molar-refractivity contribution in [3.8, 4) is 0 Å². The van der Waals surface area contributed by atoms with Gasteiger partial charge >= 0.3 is 0 Å². The van der Waals surface area contributed by atoms with E-state index >= 15 is 0 Å². The van der Waals surface area contributed by atoms with Gasteiger partial charge in [0.05, 0.1) is 13.2 Å². The molecule has 0 amide bonds. The first kappa shape index (κ1) is 16.1. The molecule has 0 saturated heterocycles. The number of nitrogens with zero attached hydrogens (tertiary/aromatic N) is 2. The van der Waals surface area contributed by atoms with Crippen LogP contribution in [-0.4, -0.2) is 57.3 Å². The largest absolute Gasteiger partial charge is 0.383 e. The number of nitrogens with two attached hydrogens (primary N) is 1. The van der Waals surface area contributed by atoms with Crippen molar-refractivity contribution in [1.29, 1.82) is 0 Å². The zero-order chi connectivity index (χ0) is 12.9. The smallest absolute Gasteiger partial charge is 0.205 e. The van der Waals surface area contributed by atoms with Gasteiger partial charge < -0.3 is 15.0 Å². The van der Waals surface area contributed by atoms with E-state index in [2.05, 4.69) is 34.5 Å². The van der Waals surface area contributed by atoms with Gasteiger partial charge in [-0.05, 0) is 19.5 Å². The lowest BCUT2D eigenvalue weighted by molar-refractivity contribution is 0.203. The standard InChI is InChI=1S/C11H27N5O/c1-4-8-16(5-2)9-6-13-11(15-12)14-7-10-17-3/h4-10,12H2,1-3H3,(H2,13,14,15). The van der Waals surface area contributed by atoms with Gasteiger partial charge in [0.2, 0.25) is 5.96 Å². The second kappa shape index (κ2) is 11.6. The van der Waals surface area contributed by atoms with E-state index in [0.717, 1.165) is 26.2 Å². The Morgan fingerprint density at radius 1 is 1.35 bits per heavy atom.